The molecule has 22 heavy (non-hydrogen) atoms. The normalized spacial score (nSPS) is 23.3. The molecule has 2 aliphatic rings. The summed E-state index contributed by atoms with van der Waals surface area (Å²) in [5, 5.41) is 0. The second-order valence-electron chi connectivity index (χ2n) is 6.27. The van der Waals surface area contributed by atoms with Gasteiger partial charge in [0.2, 0.25) is 0 Å². The molecule has 1 saturated carbocycles. The summed E-state index contributed by atoms with van der Waals surface area (Å²) >= 11 is 0. The van der Waals surface area contributed by atoms with E-state index in [-0.39, 0.29) is 18.0 Å². The molecule has 3 heteroatoms. The van der Waals surface area contributed by atoms with Crippen molar-refractivity contribution < 1.29 is 9.53 Å². The predicted molar refractivity (Wildman–Crippen MR) is 88.4 cm³/mol. The van der Waals surface area contributed by atoms with Crippen molar-refractivity contribution in [1.29, 1.82) is 0 Å². The highest BCUT2D eigenvalue weighted by Gasteiger charge is 2.32. The summed E-state index contributed by atoms with van der Waals surface area (Å²) in [5.74, 6) is -0.197. The Bertz CT molecular complexity index is 532. The number of ether oxygens (including phenoxy) is 1. The van der Waals surface area contributed by atoms with Gasteiger partial charge in [-0.05, 0) is 43.4 Å². The number of nitrogens with zero attached hydrogens (tertiary/aromatic N) is 1. The Morgan fingerprint density at radius 2 is 1.95 bits per heavy atom. The molecule has 1 aromatic carbocycles. The maximum atomic E-state index is 12.7. The molecule has 1 aliphatic heterocycles. The quantitative estimate of drug-likeness (QED) is 0.797. The van der Waals surface area contributed by atoms with E-state index in [1.807, 2.05) is 18.2 Å². The molecule has 0 radical (unpaired) electrons. The number of hydrogen-bond acceptors (Lipinski definition) is 3. The third-order valence-corrected chi connectivity index (χ3v) is 4.81. The molecule has 3 rings (SSSR count). The van der Waals surface area contributed by atoms with E-state index >= 15 is 0 Å². The summed E-state index contributed by atoms with van der Waals surface area (Å²) in [7, 11) is 0. The van der Waals surface area contributed by atoms with E-state index in [1.165, 1.54) is 12.8 Å². The molecule has 0 amide bonds. The first-order chi connectivity index (χ1) is 10.8. The fourth-order valence-electron chi connectivity index (χ4n) is 3.46. The lowest BCUT2D eigenvalue weighted by molar-refractivity contribution is -0.152. The van der Waals surface area contributed by atoms with Gasteiger partial charge in [0.05, 0.1) is 5.92 Å². The van der Waals surface area contributed by atoms with E-state index in [0.717, 1.165) is 43.6 Å². The maximum absolute atomic E-state index is 12.7. The number of carbonyl (C=O) groups excluding carboxylic acids is 1. The molecular weight excluding hydrogens is 274 g/mol. The smallest absolute Gasteiger partial charge is 0.315 e. The van der Waals surface area contributed by atoms with Crippen LogP contribution >= 0.6 is 0 Å². The van der Waals surface area contributed by atoms with Crippen molar-refractivity contribution in [3.05, 3.63) is 42.0 Å². The van der Waals surface area contributed by atoms with Gasteiger partial charge in [-0.1, -0.05) is 43.3 Å². The minimum atomic E-state index is -0.156. The molecule has 1 atom stereocenters. The first-order valence-corrected chi connectivity index (χ1v) is 8.46. The van der Waals surface area contributed by atoms with Crippen LogP contribution < -0.4 is 0 Å². The molecule has 0 saturated heterocycles. The summed E-state index contributed by atoms with van der Waals surface area (Å²) in [4.78, 5) is 15.0. The summed E-state index contributed by atoms with van der Waals surface area (Å²) in [6.07, 6.45) is 6.77. The predicted octanol–water partition coefficient (Wildman–Crippen LogP) is 3.51. The van der Waals surface area contributed by atoms with Crippen molar-refractivity contribution in [2.24, 2.45) is 5.92 Å². The van der Waals surface area contributed by atoms with Gasteiger partial charge in [0.1, 0.15) is 6.10 Å². The minimum absolute atomic E-state index is 0.0415. The zero-order chi connectivity index (χ0) is 15.4. The topological polar surface area (TPSA) is 29.5 Å². The number of carbonyl (C=O) groups is 1. The van der Waals surface area contributed by atoms with E-state index in [1.54, 1.807) is 0 Å². The number of rotatable bonds is 4. The standard InChI is InChI=1S/C19H25NO2/c1-2-20-13-12-17(15-8-4-3-5-9-15)18(14-20)19(21)22-16-10-6-7-11-16/h3-5,8-9,12,16,18H,2,6-7,10-11,13-14H2,1H3/t18-/m1/s1. The molecule has 1 aromatic rings. The largest absolute Gasteiger partial charge is 0.462 e. The first kappa shape index (κ1) is 15.3. The van der Waals surface area contributed by atoms with Crippen LogP contribution in [-0.2, 0) is 9.53 Å². The van der Waals surface area contributed by atoms with E-state index in [9.17, 15) is 4.79 Å². The Morgan fingerprint density at radius 1 is 1.23 bits per heavy atom. The van der Waals surface area contributed by atoms with Crippen molar-refractivity contribution >= 4 is 11.5 Å². The lowest BCUT2D eigenvalue weighted by Crippen LogP contribution is -2.39. The lowest BCUT2D eigenvalue weighted by atomic mass is 9.89. The zero-order valence-electron chi connectivity index (χ0n) is 13.3. The Balaban J connectivity index is 1.79. The van der Waals surface area contributed by atoms with Crippen LogP contribution in [0.3, 0.4) is 0 Å². The number of hydrogen-bond donors (Lipinski definition) is 0. The number of esters is 1. The van der Waals surface area contributed by atoms with Crippen LogP contribution in [0.2, 0.25) is 0 Å². The van der Waals surface area contributed by atoms with Gasteiger partial charge in [0.25, 0.3) is 0 Å². The third-order valence-electron chi connectivity index (χ3n) is 4.81. The highest BCUT2D eigenvalue weighted by Crippen LogP contribution is 2.30. The third kappa shape index (κ3) is 3.41. The van der Waals surface area contributed by atoms with E-state index in [2.05, 4.69) is 30.0 Å². The van der Waals surface area contributed by atoms with E-state index in [0.29, 0.717) is 0 Å². The van der Waals surface area contributed by atoms with Gasteiger partial charge in [0, 0.05) is 13.1 Å². The zero-order valence-corrected chi connectivity index (χ0v) is 13.3. The van der Waals surface area contributed by atoms with Crippen LogP contribution in [0.15, 0.2) is 36.4 Å². The molecule has 0 unspecified atom stereocenters. The van der Waals surface area contributed by atoms with Crippen molar-refractivity contribution in [3.63, 3.8) is 0 Å². The Morgan fingerprint density at radius 3 is 2.64 bits per heavy atom. The molecule has 0 N–H and O–H groups in total. The van der Waals surface area contributed by atoms with Crippen LogP contribution in [0.5, 0.6) is 0 Å². The van der Waals surface area contributed by atoms with Gasteiger partial charge < -0.3 is 4.74 Å². The Labute approximate surface area is 133 Å². The molecule has 0 spiro atoms. The fourth-order valence-corrected chi connectivity index (χ4v) is 3.46. The molecule has 3 nitrogen and oxygen atoms in total. The highest BCUT2D eigenvalue weighted by molar-refractivity contribution is 5.89. The molecule has 0 bridgehead atoms. The van der Waals surface area contributed by atoms with Gasteiger partial charge in [-0.25, -0.2) is 0 Å². The highest BCUT2D eigenvalue weighted by atomic mass is 16.5. The summed E-state index contributed by atoms with van der Waals surface area (Å²) in [6.45, 7) is 4.78. The summed E-state index contributed by atoms with van der Waals surface area (Å²) in [6, 6.07) is 10.2. The lowest BCUT2D eigenvalue weighted by Gasteiger charge is -2.31. The Hall–Kier alpha value is -1.61. The van der Waals surface area contributed by atoms with Crippen molar-refractivity contribution in [2.45, 2.75) is 38.7 Å². The average molecular weight is 299 g/mol. The van der Waals surface area contributed by atoms with Gasteiger partial charge in [-0.3, -0.25) is 9.69 Å². The van der Waals surface area contributed by atoms with Gasteiger partial charge in [-0.15, -0.1) is 0 Å². The van der Waals surface area contributed by atoms with Crippen LogP contribution in [0.4, 0.5) is 0 Å². The van der Waals surface area contributed by atoms with Gasteiger partial charge in [0.15, 0.2) is 0 Å². The minimum Gasteiger partial charge on any atom is -0.462 e. The number of benzene rings is 1. The molecule has 0 aromatic heterocycles. The van der Waals surface area contributed by atoms with Gasteiger partial charge >= 0.3 is 5.97 Å². The SMILES string of the molecule is CCN1CC=C(c2ccccc2)[C@H](C(=O)OC2CCCC2)C1. The molecular formula is C19H25NO2. The molecule has 1 fully saturated rings. The molecule has 1 heterocycles. The summed E-state index contributed by atoms with van der Waals surface area (Å²) in [5.41, 5.74) is 2.28. The molecule has 118 valence electrons. The second kappa shape index (κ2) is 7.10. The number of likely N-dealkylation sites (N-methyl/N-ethyl adjacent to an activating group) is 1. The van der Waals surface area contributed by atoms with Crippen LogP contribution in [0.25, 0.3) is 5.57 Å². The first-order valence-electron chi connectivity index (χ1n) is 8.46. The monoisotopic (exact) mass is 299 g/mol. The Kier molecular flexibility index (Phi) is 4.94. The van der Waals surface area contributed by atoms with E-state index < -0.39 is 0 Å². The van der Waals surface area contributed by atoms with Crippen molar-refractivity contribution in [2.75, 3.05) is 19.6 Å². The second-order valence-corrected chi connectivity index (χ2v) is 6.27. The van der Waals surface area contributed by atoms with Crippen LogP contribution in [-0.4, -0.2) is 36.6 Å². The molecule has 1 aliphatic carbocycles. The van der Waals surface area contributed by atoms with Crippen molar-refractivity contribution in [3.8, 4) is 0 Å². The van der Waals surface area contributed by atoms with Crippen molar-refractivity contribution in [1.82, 2.24) is 4.90 Å². The average Bonchev–Trinajstić information content (AvgIpc) is 3.08. The maximum Gasteiger partial charge on any atom is 0.315 e. The summed E-state index contributed by atoms with van der Waals surface area (Å²) < 4.78 is 5.79. The van der Waals surface area contributed by atoms with Crippen LogP contribution in [0, 0.1) is 5.92 Å². The van der Waals surface area contributed by atoms with E-state index in [4.69, 9.17) is 4.74 Å². The fraction of sp³-hybridized carbons (Fsp3) is 0.526. The van der Waals surface area contributed by atoms with Gasteiger partial charge in [-0.2, -0.15) is 0 Å². The van der Waals surface area contributed by atoms with Crippen LogP contribution in [0.1, 0.15) is 38.2 Å².